The largest absolute Gasteiger partial charge is 0.374 e. The van der Waals surface area contributed by atoms with Crippen LogP contribution in [-0.2, 0) is 0 Å². The summed E-state index contributed by atoms with van der Waals surface area (Å²) in [6.07, 6.45) is 0. The van der Waals surface area contributed by atoms with Crippen LogP contribution in [-0.4, -0.2) is 19.8 Å². The van der Waals surface area contributed by atoms with Crippen molar-refractivity contribution < 1.29 is 0 Å². The zero-order chi connectivity index (χ0) is 8.55. The Morgan fingerprint density at radius 2 is 2.08 bits per heavy atom. The maximum atomic E-state index is 5.44. The Bertz CT molecular complexity index is 392. The molecule has 2 N–H and O–H groups in total. The highest BCUT2D eigenvalue weighted by Gasteiger charge is 2.10. The van der Waals surface area contributed by atoms with Crippen molar-refractivity contribution in [3.05, 3.63) is 5.69 Å². The molecule has 2 aromatic rings. The lowest BCUT2D eigenvalue weighted by atomic mass is 10.4. The van der Waals surface area contributed by atoms with Crippen LogP contribution in [0.2, 0.25) is 0 Å². The topological polar surface area (TPSA) is 77.6 Å². The van der Waals surface area contributed by atoms with Gasteiger partial charge in [-0.2, -0.15) is 0 Å². The van der Waals surface area contributed by atoms with Gasteiger partial charge in [0.05, 0.1) is 5.69 Å². The predicted octanol–water partition coefficient (Wildman–Crippen LogP) is 0.947. The van der Waals surface area contributed by atoms with Gasteiger partial charge in [-0.3, -0.25) is 0 Å². The van der Waals surface area contributed by atoms with E-state index in [2.05, 4.69) is 19.8 Å². The van der Waals surface area contributed by atoms with Gasteiger partial charge >= 0.3 is 0 Å². The fourth-order valence-corrected chi connectivity index (χ4v) is 2.13. The molecule has 62 valence electrons. The zero-order valence-corrected chi connectivity index (χ0v) is 7.82. The maximum Gasteiger partial charge on any atom is 0.203 e. The van der Waals surface area contributed by atoms with Crippen molar-refractivity contribution >= 4 is 28.0 Å². The fourth-order valence-electron chi connectivity index (χ4n) is 0.754. The molecule has 0 aromatic carbocycles. The summed E-state index contributed by atoms with van der Waals surface area (Å²) in [5.41, 5.74) is 6.31. The molecule has 0 atom stereocenters. The maximum absolute atomic E-state index is 5.44. The molecule has 0 aliphatic carbocycles. The molecule has 5 nitrogen and oxygen atoms in total. The van der Waals surface area contributed by atoms with Gasteiger partial charge in [0.25, 0.3) is 0 Å². The van der Waals surface area contributed by atoms with E-state index < -0.39 is 0 Å². The average Bonchev–Trinajstić information content (AvgIpc) is 2.58. The smallest absolute Gasteiger partial charge is 0.203 e. The van der Waals surface area contributed by atoms with E-state index in [0.717, 1.165) is 15.6 Å². The molecule has 0 aliphatic rings. The summed E-state index contributed by atoms with van der Waals surface area (Å²) < 4.78 is 3.80. The molecule has 2 rings (SSSR count). The predicted molar refractivity (Wildman–Crippen MR) is 48.0 cm³/mol. The first-order valence-electron chi connectivity index (χ1n) is 3.15. The van der Waals surface area contributed by atoms with Gasteiger partial charge < -0.3 is 5.73 Å². The highest BCUT2D eigenvalue weighted by atomic mass is 32.1. The number of aromatic nitrogens is 4. The number of nitrogens with two attached hydrogens (primary N) is 1. The van der Waals surface area contributed by atoms with Crippen LogP contribution in [0.25, 0.3) is 9.88 Å². The van der Waals surface area contributed by atoms with E-state index >= 15 is 0 Å². The summed E-state index contributed by atoms with van der Waals surface area (Å²) >= 11 is 2.65. The highest BCUT2D eigenvalue weighted by molar-refractivity contribution is 7.21. The Balaban J connectivity index is 2.50. The lowest BCUT2D eigenvalue weighted by Crippen LogP contribution is -1.80. The minimum absolute atomic E-state index is 0.470. The molecule has 0 saturated carbocycles. The molecule has 0 bridgehead atoms. The van der Waals surface area contributed by atoms with Crippen LogP contribution in [0.3, 0.4) is 0 Å². The number of hydrogen-bond acceptors (Lipinski definition) is 7. The SMILES string of the molecule is Cc1nnsc1-c1nnc(N)s1. The fraction of sp³-hybridized carbons (Fsp3) is 0.200. The summed E-state index contributed by atoms with van der Waals surface area (Å²) in [5.74, 6) is 0. The summed E-state index contributed by atoms with van der Waals surface area (Å²) in [4.78, 5) is 0.948. The van der Waals surface area contributed by atoms with Crippen LogP contribution < -0.4 is 5.73 Å². The normalized spacial score (nSPS) is 10.4. The van der Waals surface area contributed by atoms with Crippen molar-refractivity contribution in [1.29, 1.82) is 0 Å². The highest BCUT2D eigenvalue weighted by Crippen LogP contribution is 2.28. The minimum Gasteiger partial charge on any atom is -0.374 e. The number of nitrogen functional groups attached to an aromatic ring is 1. The third-order valence-electron chi connectivity index (χ3n) is 1.29. The molecule has 0 radical (unpaired) electrons. The van der Waals surface area contributed by atoms with E-state index in [0.29, 0.717) is 5.13 Å². The van der Waals surface area contributed by atoms with E-state index in [9.17, 15) is 0 Å². The molecule has 0 aliphatic heterocycles. The molecular weight excluding hydrogens is 194 g/mol. The number of aryl methyl sites for hydroxylation is 1. The second-order valence-corrected chi connectivity index (χ2v) is 3.90. The van der Waals surface area contributed by atoms with Crippen molar-refractivity contribution in [3.63, 3.8) is 0 Å². The Morgan fingerprint density at radius 3 is 2.58 bits per heavy atom. The average molecular weight is 199 g/mol. The molecular formula is C5H5N5S2. The molecule has 0 spiro atoms. The first-order valence-corrected chi connectivity index (χ1v) is 4.74. The molecule has 12 heavy (non-hydrogen) atoms. The third kappa shape index (κ3) is 1.16. The summed E-state index contributed by atoms with van der Waals surface area (Å²) in [6.45, 7) is 1.89. The number of anilines is 1. The number of rotatable bonds is 1. The van der Waals surface area contributed by atoms with Crippen molar-refractivity contribution in [3.8, 4) is 9.88 Å². The Morgan fingerprint density at radius 1 is 1.25 bits per heavy atom. The van der Waals surface area contributed by atoms with E-state index in [-0.39, 0.29) is 0 Å². The van der Waals surface area contributed by atoms with E-state index in [1.54, 1.807) is 0 Å². The minimum atomic E-state index is 0.470. The van der Waals surface area contributed by atoms with Gasteiger partial charge in [0, 0.05) is 0 Å². The Hall–Kier alpha value is -1.08. The van der Waals surface area contributed by atoms with Crippen LogP contribution in [0, 0.1) is 6.92 Å². The van der Waals surface area contributed by atoms with Crippen LogP contribution in [0.5, 0.6) is 0 Å². The Labute approximate surface area is 76.4 Å². The van der Waals surface area contributed by atoms with Crippen LogP contribution in [0.1, 0.15) is 5.69 Å². The number of hydrogen-bond donors (Lipinski definition) is 1. The van der Waals surface area contributed by atoms with Gasteiger partial charge in [-0.15, -0.1) is 15.3 Å². The quantitative estimate of drug-likeness (QED) is 0.739. The van der Waals surface area contributed by atoms with Crippen molar-refractivity contribution in [2.75, 3.05) is 5.73 Å². The second kappa shape index (κ2) is 2.76. The van der Waals surface area contributed by atoms with Crippen molar-refractivity contribution in [2.24, 2.45) is 0 Å². The van der Waals surface area contributed by atoms with Crippen molar-refractivity contribution in [2.45, 2.75) is 6.92 Å². The Kier molecular flexibility index (Phi) is 1.74. The molecule has 2 aromatic heterocycles. The van der Waals surface area contributed by atoms with E-state index in [4.69, 9.17) is 5.73 Å². The second-order valence-electron chi connectivity index (χ2n) is 2.13. The van der Waals surface area contributed by atoms with Gasteiger partial charge in [-0.05, 0) is 18.5 Å². The zero-order valence-electron chi connectivity index (χ0n) is 6.18. The van der Waals surface area contributed by atoms with Gasteiger partial charge in [0.2, 0.25) is 5.13 Å². The first-order chi connectivity index (χ1) is 5.77. The summed E-state index contributed by atoms with van der Waals surface area (Å²) in [6, 6.07) is 0. The molecule has 0 unspecified atom stereocenters. The van der Waals surface area contributed by atoms with Gasteiger partial charge in [-0.1, -0.05) is 15.8 Å². The summed E-state index contributed by atoms with van der Waals surface area (Å²) in [5, 5.41) is 12.7. The van der Waals surface area contributed by atoms with Gasteiger partial charge in [-0.25, -0.2) is 0 Å². The number of nitrogens with zero attached hydrogens (tertiary/aromatic N) is 4. The molecule has 2 heterocycles. The van der Waals surface area contributed by atoms with Crippen LogP contribution in [0.4, 0.5) is 5.13 Å². The van der Waals surface area contributed by atoms with Crippen molar-refractivity contribution in [1.82, 2.24) is 19.8 Å². The van der Waals surface area contributed by atoms with E-state index in [1.807, 2.05) is 6.92 Å². The third-order valence-corrected chi connectivity index (χ3v) is 3.02. The molecule has 0 fully saturated rings. The van der Waals surface area contributed by atoms with Gasteiger partial charge in [0.15, 0.2) is 5.01 Å². The molecule has 7 heteroatoms. The standard InChI is InChI=1S/C5H5N5S2/c1-2-3(12-10-7-2)4-8-9-5(6)11-4/h1H3,(H2,6,9). The lowest BCUT2D eigenvalue weighted by molar-refractivity contribution is 1.08. The summed E-state index contributed by atoms with van der Waals surface area (Å²) in [7, 11) is 0. The molecule has 0 saturated heterocycles. The van der Waals surface area contributed by atoms with E-state index in [1.165, 1.54) is 22.9 Å². The van der Waals surface area contributed by atoms with Crippen LogP contribution >= 0.6 is 22.9 Å². The lowest BCUT2D eigenvalue weighted by Gasteiger charge is -1.84. The first kappa shape index (κ1) is 7.56. The monoisotopic (exact) mass is 199 g/mol. The van der Waals surface area contributed by atoms with Crippen LogP contribution in [0.15, 0.2) is 0 Å². The van der Waals surface area contributed by atoms with Gasteiger partial charge in [0.1, 0.15) is 4.88 Å². The molecule has 0 amide bonds.